The molecule has 2 aromatic rings. The molecule has 0 bridgehead atoms. The minimum absolute atomic E-state index is 0.0238. The first-order chi connectivity index (χ1) is 16.5. The number of sulfone groups is 1. The van der Waals surface area contributed by atoms with Crippen molar-refractivity contribution >= 4 is 15.7 Å². The first-order valence-electron chi connectivity index (χ1n) is 12.3. The predicted molar refractivity (Wildman–Crippen MR) is 132 cm³/mol. The van der Waals surface area contributed by atoms with Crippen LogP contribution in [0.4, 0.5) is 0 Å². The predicted octanol–water partition coefficient (Wildman–Crippen LogP) is 2.21. The Bertz CT molecular complexity index is 1120. The molecule has 1 aromatic carbocycles. The van der Waals surface area contributed by atoms with Gasteiger partial charge in [0.15, 0.2) is 15.7 Å². The maximum absolute atomic E-state index is 12.8. The molecule has 1 saturated carbocycles. The lowest BCUT2D eigenvalue weighted by atomic mass is 9.70. The van der Waals surface area contributed by atoms with E-state index in [-0.39, 0.29) is 46.1 Å². The summed E-state index contributed by atoms with van der Waals surface area (Å²) in [5.74, 6) is -0.371. The molecule has 2 atom stereocenters. The molecular formula is C25H37N5O4S. The van der Waals surface area contributed by atoms with E-state index in [2.05, 4.69) is 46.2 Å². The average Bonchev–Trinajstić information content (AvgIpc) is 3.21. The minimum Gasteiger partial charge on any atom is -0.352 e. The van der Waals surface area contributed by atoms with Crippen LogP contribution in [-0.2, 0) is 26.8 Å². The molecule has 1 amide bonds. The summed E-state index contributed by atoms with van der Waals surface area (Å²) in [6.07, 6.45) is 2.98. The van der Waals surface area contributed by atoms with Crippen LogP contribution in [0.5, 0.6) is 0 Å². The Morgan fingerprint density at radius 2 is 1.83 bits per heavy atom. The van der Waals surface area contributed by atoms with Crippen molar-refractivity contribution in [2.24, 2.45) is 5.41 Å². The van der Waals surface area contributed by atoms with E-state index in [1.54, 1.807) is 24.3 Å². The topological polar surface area (TPSA) is 109 Å². The number of benzene rings is 1. The molecule has 2 unspecified atom stereocenters. The van der Waals surface area contributed by atoms with Crippen molar-refractivity contribution in [2.75, 3.05) is 33.2 Å². The van der Waals surface area contributed by atoms with Gasteiger partial charge in [-0.3, -0.25) is 9.69 Å². The zero-order valence-corrected chi connectivity index (χ0v) is 22.0. The normalized spacial score (nSPS) is 23.8. The number of likely N-dealkylation sites (N-methyl/N-ethyl adjacent to an activating group) is 1. The molecule has 1 aromatic heterocycles. The second-order valence-electron chi connectivity index (χ2n) is 10.7. The second-order valence-corrected chi connectivity index (χ2v) is 12.7. The van der Waals surface area contributed by atoms with E-state index in [1.165, 1.54) is 0 Å². The van der Waals surface area contributed by atoms with Crippen LogP contribution >= 0.6 is 0 Å². The Kier molecular flexibility index (Phi) is 7.63. The molecule has 9 nitrogen and oxygen atoms in total. The second kappa shape index (κ2) is 10.4. The Balaban J connectivity index is 1.30. The largest absolute Gasteiger partial charge is 0.352 e. The lowest BCUT2D eigenvalue weighted by Crippen LogP contribution is -2.56. The Hall–Kier alpha value is -2.30. The van der Waals surface area contributed by atoms with Gasteiger partial charge in [0.1, 0.15) is 12.2 Å². The van der Waals surface area contributed by atoms with Crippen LogP contribution < -0.4 is 5.32 Å². The molecule has 2 fully saturated rings. The molecule has 1 saturated heterocycles. The van der Waals surface area contributed by atoms with E-state index in [1.807, 2.05) is 6.92 Å². The molecule has 1 aliphatic heterocycles. The van der Waals surface area contributed by atoms with E-state index in [9.17, 15) is 13.2 Å². The van der Waals surface area contributed by atoms with Crippen molar-refractivity contribution in [2.45, 2.75) is 69.2 Å². The fourth-order valence-corrected chi connectivity index (χ4v) is 6.34. The minimum atomic E-state index is -3.59. The summed E-state index contributed by atoms with van der Waals surface area (Å²) in [6, 6.07) is 7.26. The van der Waals surface area contributed by atoms with E-state index in [4.69, 9.17) is 4.52 Å². The highest BCUT2D eigenvalue weighted by Crippen LogP contribution is 2.38. The first kappa shape index (κ1) is 25.8. The van der Waals surface area contributed by atoms with Gasteiger partial charge in [0.25, 0.3) is 0 Å². The van der Waals surface area contributed by atoms with Crippen LogP contribution in [0.2, 0.25) is 0 Å². The molecule has 35 heavy (non-hydrogen) atoms. The van der Waals surface area contributed by atoms with Crippen molar-refractivity contribution in [3.05, 3.63) is 41.5 Å². The van der Waals surface area contributed by atoms with Crippen molar-refractivity contribution in [3.63, 3.8) is 0 Å². The number of carbonyl (C=O) groups excluding carboxylic acids is 1. The number of nitrogens with one attached hydrogen (secondary N) is 1. The van der Waals surface area contributed by atoms with Gasteiger partial charge in [-0.15, -0.1) is 0 Å². The van der Waals surface area contributed by atoms with Crippen LogP contribution in [0.3, 0.4) is 0 Å². The summed E-state index contributed by atoms with van der Waals surface area (Å²) in [5.41, 5.74) is 0.956. The summed E-state index contributed by atoms with van der Waals surface area (Å²) < 4.78 is 30.4. The van der Waals surface area contributed by atoms with E-state index in [0.717, 1.165) is 51.0 Å². The standard InChI is InChI=1S/C25H37N5O4S/c1-18-5-8-20(9-6-18)35(32,33)17-22-27-24(34-28-22)15-23(31)26-21-10-7-19(16-25(21,2)3)30-13-11-29(4)12-14-30/h5-6,8-9,19,21H,7,10-17H2,1-4H3,(H,26,31). The van der Waals surface area contributed by atoms with Crippen molar-refractivity contribution < 1.29 is 17.7 Å². The van der Waals surface area contributed by atoms with Gasteiger partial charge in [0, 0.05) is 38.3 Å². The van der Waals surface area contributed by atoms with Crippen molar-refractivity contribution in [1.82, 2.24) is 25.3 Å². The number of aryl methyl sites for hydroxylation is 1. The van der Waals surface area contributed by atoms with E-state index < -0.39 is 9.84 Å². The molecule has 10 heteroatoms. The number of aromatic nitrogens is 2. The Labute approximate surface area is 208 Å². The summed E-state index contributed by atoms with van der Waals surface area (Å²) in [4.78, 5) is 22.1. The molecule has 2 aliphatic rings. The zero-order valence-electron chi connectivity index (χ0n) is 21.2. The lowest BCUT2D eigenvalue weighted by Gasteiger charge is -2.48. The summed E-state index contributed by atoms with van der Waals surface area (Å²) >= 11 is 0. The molecule has 192 valence electrons. The van der Waals surface area contributed by atoms with Crippen LogP contribution in [0.15, 0.2) is 33.7 Å². The maximum atomic E-state index is 12.8. The third-order valence-electron chi connectivity index (χ3n) is 7.40. The van der Waals surface area contributed by atoms with Gasteiger partial charge < -0.3 is 14.7 Å². The SMILES string of the molecule is Cc1ccc(S(=O)(=O)Cc2noc(CC(=O)NC3CCC(N4CCN(C)CC4)CC3(C)C)n2)cc1. The van der Waals surface area contributed by atoms with Gasteiger partial charge in [-0.2, -0.15) is 4.98 Å². The van der Waals surface area contributed by atoms with Gasteiger partial charge in [0.05, 0.1) is 4.90 Å². The van der Waals surface area contributed by atoms with Gasteiger partial charge in [-0.25, -0.2) is 8.42 Å². The van der Waals surface area contributed by atoms with Crippen LogP contribution in [0.25, 0.3) is 0 Å². The number of carbonyl (C=O) groups is 1. The van der Waals surface area contributed by atoms with E-state index in [0.29, 0.717) is 6.04 Å². The van der Waals surface area contributed by atoms with Gasteiger partial charge in [0.2, 0.25) is 11.8 Å². The quantitative estimate of drug-likeness (QED) is 0.613. The molecule has 4 rings (SSSR count). The van der Waals surface area contributed by atoms with Gasteiger partial charge in [-0.1, -0.05) is 36.7 Å². The van der Waals surface area contributed by atoms with Crippen LogP contribution in [0, 0.1) is 12.3 Å². The Morgan fingerprint density at radius 3 is 2.49 bits per heavy atom. The smallest absolute Gasteiger partial charge is 0.236 e. The average molecular weight is 504 g/mol. The highest BCUT2D eigenvalue weighted by molar-refractivity contribution is 7.90. The third-order valence-corrected chi connectivity index (χ3v) is 9.03. The number of rotatable bonds is 7. The number of nitrogens with zero attached hydrogens (tertiary/aromatic N) is 4. The molecule has 0 radical (unpaired) electrons. The maximum Gasteiger partial charge on any atom is 0.236 e. The van der Waals surface area contributed by atoms with Crippen LogP contribution in [0.1, 0.15) is 50.4 Å². The lowest BCUT2D eigenvalue weighted by molar-refractivity contribution is -0.123. The summed E-state index contributed by atoms with van der Waals surface area (Å²) in [7, 11) is -1.42. The highest BCUT2D eigenvalue weighted by Gasteiger charge is 2.40. The molecule has 1 N–H and O–H groups in total. The molecule has 2 heterocycles. The molecule has 1 aliphatic carbocycles. The van der Waals surface area contributed by atoms with Crippen LogP contribution in [-0.4, -0.2) is 79.6 Å². The first-order valence-corrected chi connectivity index (χ1v) is 14.0. The molecular weight excluding hydrogens is 466 g/mol. The van der Waals surface area contributed by atoms with Gasteiger partial charge >= 0.3 is 0 Å². The monoisotopic (exact) mass is 503 g/mol. The van der Waals surface area contributed by atoms with Crippen molar-refractivity contribution in [3.8, 4) is 0 Å². The number of piperazine rings is 1. The Morgan fingerprint density at radius 1 is 1.14 bits per heavy atom. The third kappa shape index (κ3) is 6.48. The fraction of sp³-hybridized carbons (Fsp3) is 0.640. The zero-order chi connectivity index (χ0) is 25.2. The molecule has 0 spiro atoms. The van der Waals surface area contributed by atoms with E-state index >= 15 is 0 Å². The fourth-order valence-electron chi connectivity index (χ4n) is 5.17. The van der Waals surface area contributed by atoms with Gasteiger partial charge in [-0.05, 0) is 50.8 Å². The number of hydrogen-bond acceptors (Lipinski definition) is 8. The summed E-state index contributed by atoms with van der Waals surface area (Å²) in [5, 5.41) is 6.95. The summed E-state index contributed by atoms with van der Waals surface area (Å²) in [6.45, 7) is 10.8. The highest BCUT2D eigenvalue weighted by atomic mass is 32.2. The number of hydrogen-bond donors (Lipinski definition) is 1. The number of amides is 1. The van der Waals surface area contributed by atoms with Crippen molar-refractivity contribution in [1.29, 1.82) is 0 Å².